The van der Waals surface area contributed by atoms with E-state index in [9.17, 15) is 23.5 Å². The van der Waals surface area contributed by atoms with E-state index in [1.807, 2.05) is 26.0 Å². The molecule has 2 rings (SSSR count). The van der Waals surface area contributed by atoms with E-state index < -0.39 is 29.7 Å². The number of amides is 2. The number of nitrogens with one attached hydrogen (secondary N) is 3. The summed E-state index contributed by atoms with van der Waals surface area (Å²) in [5, 5.41) is 19.7. The Balaban J connectivity index is 1.97. The van der Waals surface area contributed by atoms with Crippen molar-refractivity contribution in [2.24, 2.45) is 0 Å². The van der Waals surface area contributed by atoms with Gasteiger partial charge in [-0.3, -0.25) is 14.9 Å². The normalized spacial score (nSPS) is 12.7. The van der Waals surface area contributed by atoms with Crippen molar-refractivity contribution in [3.63, 3.8) is 0 Å². The lowest BCUT2D eigenvalue weighted by molar-refractivity contribution is -0.130. The highest BCUT2D eigenvalue weighted by Crippen LogP contribution is 2.12. The Morgan fingerprint density at radius 3 is 2.18 bits per heavy atom. The minimum atomic E-state index is -1.02. The van der Waals surface area contributed by atoms with E-state index in [-0.39, 0.29) is 32.0 Å². The van der Waals surface area contributed by atoms with Gasteiger partial charge in [-0.25, -0.2) is 8.78 Å². The quantitative estimate of drug-likeness (QED) is 0.251. The first-order valence-corrected chi connectivity index (χ1v) is 13.4. The average Bonchev–Trinajstić information content (AvgIpc) is 2.87. The maximum Gasteiger partial charge on any atom is 0.236 e. The molecule has 4 N–H and O–H groups in total. The third kappa shape index (κ3) is 11.2. The Labute approximate surface area is 225 Å². The summed E-state index contributed by atoms with van der Waals surface area (Å²) in [5.41, 5.74) is 2.60. The lowest BCUT2D eigenvalue weighted by Gasteiger charge is -2.25. The molecule has 0 bridgehead atoms. The molecule has 2 unspecified atom stereocenters. The lowest BCUT2D eigenvalue weighted by Crippen LogP contribution is -2.51. The van der Waals surface area contributed by atoms with Crippen molar-refractivity contribution < 1.29 is 23.5 Å². The second-order valence-corrected chi connectivity index (χ2v) is 9.51. The van der Waals surface area contributed by atoms with E-state index in [0.717, 1.165) is 30.9 Å². The topological polar surface area (TPSA) is 93.7 Å². The van der Waals surface area contributed by atoms with Crippen LogP contribution in [0, 0.1) is 11.6 Å². The number of aliphatic hydroxyl groups is 1. The number of aryl methyl sites for hydroxylation is 1. The fourth-order valence-corrected chi connectivity index (χ4v) is 4.29. The lowest BCUT2D eigenvalue weighted by atomic mass is 10.0. The van der Waals surface area contributed by atoms with Crippen molar-refractivity contribution in [1.82, 2.24) is 20.9 Å². The number of benzene rings is 2. The minimum Gasteiger partial charge on any atom is -0.390 e. The number of nitrogens with zero attached hydrogens (tertiary/aromatic N) is 1. The highest BCUT2D eigenvalue weighted by atomic mass is 19.1. The molecule has 7 nitrogen and oxygen atoms in total. The molecule has 38 heavy (non-hydrogen) atoms. The number of hydrogen-bond donors (Lipinski definition) is 4. The van der Waals surface area contributed by atoms with E-state index in [1.54, 1.807) is 4.90 Å². The zero-order valence-corrected chi connectivity index (χ0v) is 22.7. The second-order valence-electron chi connectivity index (χ2n) is 9.51. The molecule has 0 heterocycles. The predicted molar refractivity (Wildman–Crippen MR) is 146 cm³/mol. The van der Waals surface area contributed by atoms with E-state index >= 15 is 0 Å². The SMILES string of the molecule is CCCN(CCC)C(=O)CNCC(=O)NC(Cc1cc(F)cc(F)c1)C(O)CNCc1cccc(CC)c1. The molecule has 0 spiro atoms. The van der Waals surface area contributed by atoms with Crippen molar-refractivity contribution in [2.45, 2.75) is 65.1 Å². The zero-order valence-electron chi connectivity index (χ0n) is 22.7. The Kier molecular flexibility index (Phi) is 13.9. The summed E-state index contributed by atoms with van der Waals surface area (Å²) >= 11 is 0. The third-order valence-corrected chi connectivity index (χ3v) is 6.17. The van der Waals surface area contributed by atoms with Crippen molar-refractivity contribution in [2.75, 3.05) is 32.7 Å². The summed E-state index contributed by atoms with van der Waals surface area (Å²) in [6, 6.07) is 10.5. The van der Waals surface area contributed by atoms with Gasteiger partial charge in [-0.05, 0) is 54.5 Å². The molecule has 2 aromatic carbocycles. The molecule has 0 saturated carbocycles. The summed E-state index contributed by atoms with van der Waals surface area (Å²) in [6.07, 6.45) is 1.64. The number of aliphatic hydroxyl groups excluding tert-OH is 1. The van der Waals surface area contributed by atoms with Gasteiger partial charge < -0.3 is 20.6 Å². The molecule has 2 aromatic rings. The smallest absolute Gasteiger partial charge is 0.236 e. The van der Waals surface area contributed by atoms with Gasteiger partial charge in [0.15, 0.2) is 0 Å². The molecule has 0 radical (unpaired) electrons. The van der Waals surface area contributed by atoms with Crippen LogP contribution in [0.2, 0.25) is 0 Å². The first-order valence-electron chi connectivity index (χ1n) is 13.4. The molecule has 0 aromatic heterocycles. The van der Waals surface area contributed by atoms with E-state index in [1.165, 1.54) is 17.7 Å². The molecule has 0 aliphatic heterocycles. The number of rotatable bonds is 17. The van der Waals surface area contributed by atoms with Crippen LogP contribution in [0.4, 0.5) is 8.78 Å². The number of carbonyl (C=O) groups is 2. The van der Waals surface area contributed by atoms with Gasteiger partial charge in [0.1, 0.15) is 11.6 Å². The average molecular weight is 533 g/mol. The Morgan fingerprint density at radius 1 is 0.895 bits per heavy atom. The summed E-state index contributed by atoms with van der Waals surface area (Å²) in [7, 11) is 0. The fourth-order valence-electron chi connectivity index (χ4n) is 4.29. The predicted octanol–water partition coefficient (Wildman–Crippen LogP) is 2.94. The molecular weight excluding hydrogens is 490 g/mol. The van der Waals surface area contributed by atoms with Gasteiger partial charge in [-0.15, -0.1) is 0 Å². The molecule has 9 heteroatoms. The zero-order chi connectivity index (χ0) is 27.9. The molecule has 0 saturated heterocycles. The molecule has 2 amide bonds. The number of halogens is 2. The van der Waals surface area contributed by atoms with E-state index in [2.05, 4.69) is 35.0 Å². The Bertz CT molecular complexity index is 995. The van der Waals surface area contributed by atoms with Crippen LogP contribution in [0.25, 0.3) is 0 Å². The van der Waals surface area contributed by atoms with Crippen LogP contribution >= 0.6 is 0 Å². The molecule has 210 valence electrons. The van der Waals surface area contributed by atoms with Crippen LogP contribution in [-0.4, -0.2) is 66.7 Å². The largest absolute Gasteiger partial charge is 0.390 e. The molecule has 0 aliphatic rings. The van der Waals surface area contributed by atoms with Gasteiger partial charge in [-0.2, -0.15) is 0 Å². The standard InChI is InChI=1S/C29H42F2N4O3/c1-4-10-35(11-5-2)29(38)20-33-19-28(37)34-26(15-23-13-24(30)16-25(31)14-23)27(36)18-32-17-22-9-7-8-21(6-3)12-22/h7-9,12-14,16,26-27,32-33,36H,4-6,10-11,15,17-20H2,1-3H3,(H,34,37). The van der Waals surface area contributed by atoms with Crippen LogP contribution in [0.1, 0.15) is 50.3 Å². The Hall–Kier alpha value is -2.88. The maximum atomic E-state index is 13.8. The van der Waals surface area contributed by atoms with Gasteiger partial charge in [0.25, 0.3) is 0 Å². The third-order valence-electron chi connectivity index (χ3n) is 6.17. The maximum absolute atomic E-state index is 13.8. The monoisotopic (exact) mass is 532 g/mol. The van der Waals surface area contributed by atoms with Crippen LogP contribution in [0.15, 0.2) is 42.5 Å². The summed E-state index contributed by atoms with van der Waals surface area (Å²) in [4.78, 5) is 26.9. The van der Waals surface area contributed by atoms with Crippen molar-refractivity contribution in [1.29, 1.82) is 0 Å². The van der Waals surface area contributed by atoms with Crippen molar-refractivity contribution in [3.8, 4) is 0 Å². The van der Waals surface area contributed by atoms with Crippen molar-refractivity contribution in [3.05, 3.63) is 70.8 Å². The fraction of sp³-hybridized carbons (Fsp3) is 0.517. The van der Waals surface area contributed by atoms with Gasteiger partial charge in [0.2, 0.25) is 11.8 Å². The number of carbonyl (C=O) groups excluding carboxylic acids is 2. The van der Waals surface area contributed by atoms with Gasteiger partial charge in [0.05, 0.1) is 25.2 Å². The minimum absolute atomic E-state index is 0.0220. The number of hydrogen-bond acceptors (Lipinski definition) is 5. The van der Waals surface area contributed by atoms with Crippen LogP contribution in [0.3, 0.4) is 0 Å². The van der Waals surface area contributed by atoms with E-state index in [0.29, 0.717) is 25.2 Å². The van der Waals surface area contributed by atoms with Crippen molar-refractivity contribution >= 4 is 11.8 Å². The first-order chi connectivity index (χ1) is 18.2. The summed E-state index contributed by atoms with van der Waals surface area (Å²) in [5.74, 6) is -1.95. The molecule has 0 aliphatic carbocycles. The van der Waals surface area contributed by atoms with Crippen LogP contribution in [0.5, 0.6) is 0 Å². The van der Waals surface area contributed by atoms with Crippen LogP contribution < -0.4 is 16.0 Å². The van der Waals surface area contributed by atoms with Gasteiger partial charge >= 0.3 is 0 Å². The molecule has 2 atom stereocenters. The van der Waals surface area contributed by atoms with Gasteiger partial charge in [0, 0.05) is 32.2 Å². The Morgan fingerprint density at radius 2 is 1.55 bits per heavy atom. The first kappa shape index (κ1) is 31.3. The highest BCUT2D eigenvalue weighted by Gasteiger charge is 2.22. The second kappa shape index (κ2) is 16.9. The van der Waals surface area contributed by atoms with E-state index in [4.69, 9.17) is 0 Å². The summed E-state index contributed by atoms with van der Waals surface area (Å²) in [6.45, 7) is 7.99. The van der Waals surface area contributed by atoms with Gasteiger partial charge in [-0.1, -0.05) is 45.0 Å². The summed E-state index contributed by atoms with van der Waals surface area (Å²) < 4.78 is 27.5. The molecule has 0 fully saturated rings. The van der Waals surface area contributed by atoms with Crippen LogP contribution in [-0.2, 0) is 29.0 Å². The molecular formula is C29H42F2N4O3. The highest BCUT2D eigenvalue weighted by molar-refractivity contribution is 5.81.